The molecule has 0 saturated carbocycles. The van der Waals surface area contributed by atoms with Gasteiger partial charge in [-0.3, -0.25) is 0 Å². The summed E-state index contributed by atoms with van der Waals surface area (Å²) in [7, 11) is 0. The number of terminal acetylenes is 2. The maximum absolute atomic E-state index is 11.0. The molecular formula is C14H12O5. The number of allylic oxidation sites excluding steroid dienone is 1. The number of ether oxygens (including phenoxy) is 3. The van der Waals surface area contributed by atoms with E-state index in [0.29, 0.717) is 18.8 Å². The van der Waals surface area contributed by atoms with E-state index in [1.54, 1.807) is 6.92 Å². The first-order valence-corrected chi connectivity index (χ1v) is 5.49. The Bertz CT molecular complexity index is 513. The van der Waals surface area contributed by atoms with Crippen molar-refractivity contribution in [1.82, 2.24) is 0 Å². The van der Waals surface area contributed by atoms with Crippen molar-refractivity contribution in [1.29, 1.82) is 0 Å². The van der Waals surface area contributed by atoms with Crippen LogP contribution in [0.3, 0.4) is 0 Å². The second-order valence-electron chi connectivity index (χ2n) is 3.44. The molecule has 1 unspecified atom stereocenters. The first-order valence-electron chi connectivity index (χ1n) is 5.49. The predicted octanol–water partition coefficient (Wildman–Crippen LogP) is 0.916. The van der Waals surface area contributed by atoms with Gasteiger partial charge in [-0.25, -0.2) is 9.59 Å². The van der Waals surface area contributed by atoms with Gasteiger partial charge in [0.1, 0.15) is 17.6 Å². The molecule has 1 atom stereocenters. The molecule has 0 spiro atoms. The Labute approximate surface area is 111 Å². The van der Waals surface area contributed by atoms with Gasteiger partial charge < -0.3 is 14.2 Å². The summed E-state index contributed by atoms with van der Waals surface area (Å²) in [6.07, 6.45) is 12.4. The number of rotatable bonds is 4. The summed E-state index contributed by atoms with van der Waals surface area (Å²) in [5, 5.41) is 0. The quantitative estimate of drug-likeness (QED) is 0.427. The van der Waals surface area contributed by atoms with Gasteiger partial charge in [0, 0.05) is 24.3 Å². The smallest absolute Gasteiger partial charge is 0.389 e. The third-order valence-corrected chi connectivity index (χ3v) is 2.09. The van der Waals surface area contributed by atoms with E-state index in [4.69, 9.17) is 27.1 Å². The Hall–Kier alpha value is -2.66. The van der Waals surface area contributed by atoms with E-state index in [0.717, 1.165) is 0 Å². The topological polar surface area (TPSA) is 61.8 Å². The molecule has 0 aliphatic heterocycles. The lowest BCUT2D eigenvalue weighted by Crippen LogP contribution is -2.20. The third kappa shape index (κ3) is 4.61. The number of carbonyl (C=O) groups excluding carboxylic acids is 2. The molecule has 0 fully saturated rings. The second kappa shape index (κ2) is 6.93. The third-order valence-electron chi connectivity index (χ3n) is 2.09. The molecule has 1 aliphatic carbocycles. The second-order valence-corrected chi connectivity index (χ2v) is 3.44. The minimum atomic E-state index is -0.845. The summed E-state index contributed by atoms with van der Waals surface area (Å²) < 4.78 is 15.1. The summed E-state index contributed by atoms with van der Waals surface area (Å²) in [5.41, 5.74) is 0. The van der Waals surface area contributed by atoms with E-state index < -0.39 is 18.0 Å². The molecule has 0 N–H and O–H groups in total. The van der Waals surface area contributed by atoms with Crippen molar-refractivity contribution in [2.75, 3.05) is 6.61 Å². The Morgan fingerprint density at radius 1 is 1.37 bits per heavy atom. The van der Waals surface area contributed by atoms with E-state index >= 15 is 0 Å². The molecule has 0 aromatic heterocycles. The van der Waals surface area contributed by atoms with Gasteiger partial charge in [0.25, 0.3) is 0 Å². The zero-order chi connectivity index (χ0) is 14.3. The molecule has 5 nitrogen and oxygen atoms in total. The highest BCUT2D eigenvalue weighted by Gasteiger charge is 2.21. The predicted molar refractivity (Wildman–Crippen MR) is 66.0 cm³/mol. The normalized spacial score (nSPS) is 17.1. The highest BCUT2D eigenvalue weighted by Crippen LogP contribution is 2.22. The summed E-state index contributed by atoms with van der Waals surface area (Å²) >= 11 is 0. The average molecular weight is 260 g/mol. The van der Waals surface area contributed by atoms with E-state index in [1.165, 1.54) is 12.2 Å². The molecule has 1 aliphatic rings. The van der Waals surface area contributed by atoms with E-state index in [9.17, 15) is 9.59 Å². The molecule has 98 valence electrons. The van der Waals surface area contributed by atoms with Crippen molar-refractivity contribution in [3.8, 4) is 24.7 Å². The van der Waals surface area contributed by atoms with Crippen LogP contribution in [0.2, 0.25) is 0 Å². The first-order chi connectivity index (χ1) is 9.08. The molecule has 19 heavy (non-hydrogen) atoms. The lowest BCUT2D eigenvalue weighted by molar-refractivity contribution is -0.140. The fourth-order valence-electron chi connectivity index (χ4n) is 1.44. The summed E-state index contributed by atoms with van der Waals surface area (Å²) in [5.74, 6) is 2.67. The highest BCUT2D eigenvalue weighted by atomic mass is 16.6. The molecule has 0 heterocycles. The van der Waals surface area contributed by atoms with Gasteiger partial charge in [-0.1, -0.05) is 0 Å². The lowest BCUT2D eigenvalue weighted by atomic mass is 10.1. The number of carbonyl (C=O) groups is 2. The molecule has 0 radical (unpaired) electrons. The fraction of sp³-hybridized carbons (Fsp3) is 0.286. The Balaban J connectivity index is 2.84. The van der Waals surface area contributed by atoms with Crippen LogP contribution in [0.4, 0.5) is 0 Å². The standard InChI is InChI=1S/C14H12O5/c1-4-13(15)18-11-7-10(17-6-3)8-12(9-11)19-14(16)5-2/h1-2,7,9,12H,6,8H2,3H3. The van der Waals surface area contributed by atoms with E-state index in [2.05, 4.69) is 0 Å². The van der Waals surface area contributed by atoms with Gasteiger partial charge in [-0.05, 0) is 13.0 Å². The van der Waals surface area contributed by atoms with Crippen LogP contribution in [0.15, 0.2) is 23.7 Å². The molecule has 0 bridgehead atoms. The van der Waals surface area contributed by atoms with Crippen LogP contribution in [-0.2, 0) is 23.8 Å². The van der Waals surface area contributed by atoms with E-state index in [1.807, 2.05) is 11.8 Å². The molecular weight excluding hydrogens is 248 g/mol. The Morgan fingerprint density at radius 2 is 2.05 bits per heavy atom. The maximum Gasteiger partial charge on any atom is 0.389 e. The summed E-state index contributed by atoms with van der Waals surface area (Å²) in [6.45, 7) is 2.23. The largest absolute Gasteiger partial charge is 0.498 e. The van der Waals surface area contributed by atoms with Crippen molar-refractivity contribution in [2.24, 2.45) is 0 Å². The summed E-state index contributed by atoms with van der Waals surface area (Å²) in [6, 6.07) is 0. The van der Waals surface area contributed by atoms with Crippen LogP contribution in [0, 0.1) is 24.7 Å². The average Bonchev–Trinajstić information content (AvgIpc) is 2.38. The van der Waals surface area contributed by atoms with Gasteiger partial charge in [0.2, 0.25) is 0 Å². The monoisotopic (exact) mass is 260 g/mol. The van der Waals surface area contributed by atoms with Crippen LogP contribution in [0.1, 0.15) is 13.3 Å². The molecule has 1 rings (SSSR count). The zero-order valence-corrected chi connectivity index (χ0v) is 10.3. The van der Waals surface area contributed by atoms with Crippen LogP contribution in [0.5, 0.6) is 0 Å². The van der Waals surface area contributed by atoms with Crippen molar-refractivity contribution >= 4 is 11.9 Å². The number of hydrogen-bond acceptors (Lipinski definition) is 5. The van der Waals surface area contributed by atoms with Gasteiger partial charge in [-0.2, -0.15) is 0 Å². The fourth-order valence-corrected chi connectivity index (χ4v) is 1.44. The number of esters is 2. The van der Waals surface area contributed by atoms with Gasteiger partial charge in [-0.15, -0.1) is 12.8 Å². The maximum atomic E-state index is 11.0. The van der Waals surface area contributed by atoms with Crippen molar-refractivity contribution < 1.29 is 23.8 Å². The molecule has 0 amide bonds. The Morgan fingerprint density at radius 3 is 2.63 bits per heavy atom. The van der Waals surface area contributed by atoms with Gasteiger partial charge >= 0.3 is 11.9 Å². The molecule has 0 aromatic carbocycles. The van der Waals surface area contributed by atoms with Crippen molar-refractivity contribution in [3.63, 3.8) is 0 Å². The van der Waals surface area contributed by atoms with Crippen LogP contribution in [-0.4, -0.2) is 24.6 Å². The minimum Gasteiger partial charge on any atom is -0.498 e. The highest BCUT2D eigenvalue weighted by molar-refractivity contribution is 5.89. The Kier molecular flexibility index (Phi) is 5.25. The summed E-state index contributed by atoms with van der Waals surface area (Å²) in [4.78, 5) is 22.1. The van der Waals surface area contributed by atoms with Gasteiger partial charge in [0.05, 0.1) is 6.61 Å². The molecule has 5 heteroatoms. The van der Waals surface area contributed by atoms with Gasteiger partial charge in [0.15, 0.2) is 0 Å². The van der Waals surface area contributed by atoms with Crippen LogP contribution >= 0.6 is 0 Å². The van der Waals surface area contributed by atoms with Crippen LogP contribution < -0.4 is 0 Å². The van der Waals surface area contributed by atoms with E-state index in [-0.39, 0.29) is 5.76 Å². The molecule has 0 saturated heterocycles. The minimum absolute atomic E-state index is 0.160. The number of hydrogen-bond donors (Lipinski definition) is 0. The molecule has 0 aromatic rings. The lowest BCUT2D eigenvalue weighted by Gasteiger charge is -2.20. The van der Waals surface area contributed by atoms with Crippen LogP contribution in [0.25, 0.3) is 0 Å². The van der Waals surface area contributed by atoms with Crippen molar-refractivity contribution in [3.05, 3.63) is 23.7 Å². The van der Waals surface area contributed by atoms with Crippen molar-refractivity contribution in [2.45, 2.75) is 19.4 Å². The SMILES string of the molecule is C#CC(=O)OC1=CC(OC(=O)C#C)CC(OCC)=C1. The zero-order valence-electron chi connectivity index (χ0n) is 10.3. The first kappa shape index (κ1) is 14.4.